The minimum Gasteiger partial charge on any atom is -0.325 e. The Bertz CT molecular complexity index is 501. The molecule has 0 saturated heterocycles. The molecule has 0 spiro atoms. The van der Waals surface area contributed by atoms with Gasteiger partial charge in [0.25, 0.3) is 5.95 Å². The molecule has 1 aliphatic carbocycles. The van der Waals surface area contributed by atoms with Gasteiger partial charge in [-0.25, -0.2) is 14.6 Å². The molecule has 1 saturated carbocycles. The number of rotatable bonds is 3. The number of hydrogen-bond donors (Lipinski definition) is 1. The Hall–Kier alpha value is -1.75. The predicted octanol–water partition coefficient (Wildman–Crippen LogP) is 0.998. The maximum Gasteiger partial charge on any atom is 0.250 e. The SMILES string of the molecule is NCc1ccnc(-n2ccc(C3CC3)n2)n1. The fourth-order valence-corrected chi connectivity index (χ4v) is 1.65. The lowest BCUT2D eigenvalue weighted by molar-refractivity contribution is 0.769. The van der Waals surface area contributed by atoms with Crippen LogP contribution in [0.15, 0.2) is 24.5 Å². The quantitative estimate of drug-likeness (QED) is 0.829. The summed E-state index contributed by atoms with van der Waals surface area (Å²) in [5.41, 5.74) is 7.51. The first kappa shape index (κ1) is 9.47. The molecule has 0 radical (unpaired) electrons. The van der Waals surface area contributed by atoms with Crippen LogP contribution in [0, 0.1) is 0 Å². The van der Waals surface area contributed by atoms with Gasteiger partial charge in [0.1, 0.15) is 0 Å². The minimum absolute atomic E-state index is 0.423. The molecule has 5 heteroatoms. The first-order chi connectivity index (χ1) is 7.86. The molecule has 1 aliphatic rings. The zero-order valence-corrected chi connectivity index (χ0v) is 8.87. The van der Waals surface area contributed by atoms with Crippen molar-refractivity contribution in [1.82, 2.24) is 19.7 Å². The van der Waals surface area contributed by atoms with Crippen LogP contribution in [0.1, 0.15) is 30.1 Å². The van der Waals surface area contributed by atoms with Crippen molar-refractivity contribution in [2.75, 3.05) is 0 Å². The van der Waals surface area contributed by atoms with E-state index in [1.807, 2.05) is 18.3 Å². The van der Waals surface area contributed by atoms with Crippen LogP contribution in [-0.4, -0.2) is 19.7 Å². The van der Waals surface area contributed by atoms with Crippen molar-refractivity contribution in [3.63, 3.8) is 0 Å². The molecule has 0 amide bonds. The second-order valence-electron chi connectivity index (χ2n) is 4.01. The van der Waals surface area contributed by atoms with Gasteiger partial charge in [0.15, 0.2) is 0 Å². The van der Waals surface area contributed by atoms with Gasteiger partial charge in [-0.1, -0.05) is 0 Å². The Kier molecular flexibility index (Phi) is 2.18. The summed E-state index contributed by atoms with van der Waals surface area (Å²) < 4.78 is 1.72. The molecule has 2 aromatic heterocycles. The molecule has 0 aliphatic heterocycles. The van der Waals surface area contributed by atoms with Crippen LogP contribution in [0.2, 0.25) is 0 Å². The average Bonchev–Trinajstić information content (AvgIpc) is 3.07. The number of nitrogens with zero attached hydrogens (tertiary/aromatic N) is 4. The van der Waals surface area contributed by atoms with Crippen LogP contribution < -0.4 is 5.73 Å². The summed E-state index contributed by atoms with van der Waals surface area (Å²) in [6.45, 7) is 0.423. The molecule has 0 atom stereocenters. The lowest BCUT2D eigenvalue weighted by Gasteiger charge is -2.00. The molecule has 82 valence electrons. The summed E-state index contributed by atoms with van der Waals surface area (Å²) in [7, 11) is 0. The van der Waals surface area contributed by atoms with E-state index in [0.717, 1.165) is 11.4 Å². The van der Waals surface area contributed by atoms with Crippen LogP contribution in [0.3, 0.4) is 0 Å². The molecule has 0 bridgehead atoms. The lowest BCUT2D eigenvalue weighted by atomic mass is 10.3. The van der Waals surface area contributed by atoms with E-state index < -0.39 is 0 Å². The minimum atomic E-state index is 0.423. The highest BCUT2D eigenvalue weighted by atomic mass is 15.3. The summed E-state index contributed by atoms with van der Waals surface area (Å²) >= 11 is 0. The third-order valence-electron chi connectivity index (χ3n) is 2.72. The van der Waals surface area contributed by atoms with Crippen LogP contribution in [0.25, 0.3) is 5.95 Å². The molecule has 2 heterocycles. The van der Waals surface area contributed by atoms with Gasteiger partial charge in [0.2, 0.25) is 0 Å². The maximum absolute atomic E-state index is 5.54. The zero-order valence-electron chi connectivity index (χ0n) is 8.87. The van der Waals surface area contributed by atoms with E-state index in [2.05, 4.69) is 15.1 Å². The third-order valence-corrected chi connectivity index (χ3v) is 2.72. The predicted molar refractivity (Wildman–Crippen MR) is 59.0 cm³/mol. The summed E-state index contributed by atoms with van der Waals surface area (Å²) in [5, 5.41) is 4.47. The van der Waals surface area contributed by atoms with E-state index in [-0.39, 0.29) is 0 Å². The van der Waals surface area contributed by atoms with E-state index in [0.29, 0.717) is 18.4 Å². The van der Waals surface area contributed by atoms with Crippen LogP contribution in [0.4, 0.5) is 0 Å². The van der Waals surface area contributed by atoms with Crippen molar-refractivity contribution in [2.45, 2.75) is 25.3 Å². The Balaban J connectivity index is 1.93. The fourth-order valence-electron chi connectivity index (χ4n) is 1.65. The van der Waals surface area contributed by atoms with Crippen molar-refractivity contribution < 1.29 is 0 Å². The second-order valence-corrected chi connectivity index (χ2v) is 4.01. The number of aromatic nitrogens is 4. The van der Waals surface area contributed by atoms with Gasteiger partial charge in [0.05, 0.1) is 11.4 Å². The molecule has 2 aromatic rings. The molecule has 0 unspecified atom stereocenters. The average molecular weight is 215 g/mol. The molecule has 0 aromatic carbocycles. The highest BCUT2D eigenvalue weighted by molar-refractivity contribution is 5.18. The first-order valence-electron chi connectivity index (χ1n) is 5.45. The number of nitrogens with two attached hydrogens (primary N) is 1. The topological polar surface area (TPSA) is 69.6 Å². The maximum atomic E-state index is 5.54. The fraction of sp³-hybridized carbons (Fsp3) is 0.364. The Morgan fingerprint density at radius 3 is 3.00 bits per heavy atom. The van der Waals surface area contributed by atoms with Crippen molar-refractivity contribution in [1.29, 1.82) is 0 Å². The standard InChI is InChI=1S/C11H13N5/c12-7-9-3-5-13-11(14-9)16-6-4-10(15-16)8-1-2-8/h3-6,8H,1-2,7,12H2. The van der Waals surface area contributed by atoms with Crippen molar-refractivity contribution >= 4 is 0 Å². The highest BCUT2D eigenvalue weighted by Gasteiger charge is 2.26. The van der Waals surface area contributed by atoms with Crippen molar-refractivity contribution in [2.24, 2.45) is 5.73 Å². The first-order valence-corrected chi connectivity index (χ1v) is 5.45. The van der Waals surface area contributed by atoms with Gasteiger partial charge in [-0.3, -0.25) is 0 Å². The molecular weight excluding hydrogens is 202 g/mol. The van der Waals surface area contributed by atoms with Crippen LogP contribution >= 0.6 is 0 Å². The van der Waals surface area contributed by atoms with E-state index in [1.165, 1.54) is 12.8 Å². The molecule has 2 N–H and O–H groups in total. The normalized spacial score (nSPS) is 15.3. The smallest absolute Gasteiger partial charge is 0.250 e. The third kappa shape index (κ3) is 1.69. The van der Waals surface area contributed by atoms with Crippen LogP contribution in [0.5, 0.6) is 0 Å². The van der Waals surface area contributed by atoms with E-state index in [1.54, 1.807) is 10.9 Å². The Morgan fingerprint density at radius 2 is 2.25 bits per heavy atom. The van der Waals surface area contributed by atoms with E-state index >= 15 is 0 Å². The van der Waals surface area contributed by atoms with Crippen molar-refractivity contribution in [3.05, 3.63) is 35.9 Å². The Labute approximate surface area is 93.3 Å². The summed E-state index contributed by atoms with van der Waals surface area (Å²) in [6.07, 6.45) is 6.12. The van der Waals surface area contributed by atoms with E-state index in [4.69, 9.17) is 5.73 Å². The van der Waals surface area contributed by atoms with Crippen LogP contribution in [-0.2, 0) is 6.54 Å². The highest BCUT2D eigenvalue weighted by Crippen LogP contribution is 2.38. The number of hydrogen-bond acceptors (Lipinski definition) is 4. The molecule has 3 rings (SSSR count). The van der Waals surface area contributed by atoms with Gasteiger partial charge in [0, 0.05) is 24.9 Å². The van der Waals surface area contributed by atoms with Gasteiger partial charge in [-0.2, -0.15) is 5.10 Å². The lowest BCUT2D eigenvalue weighted by Crippen LogP contribution is -2.06. The molecular formula is C11H13N5. The molecule has 16 heavy (non-hydrogen) atoms. The largest absolute Gasteiger partial charge is 0.325 e. The zero-order chi connectivity index (χ0) is 11.0. The summed E-state index contributed by atoms with van der Waals surface area (Å²) in [6, 6.07) is 3.85. The van der Waals surface area contributed by atoms with Crippen molar-refractivity contribution in [3.8, 4) is 5.95 Å². The van der Waals surface area contributed by atoms with E-state index in [9.17, 15) is 0 Å². The summed E-state index contributed by atoms with van der Waals surface area (Å²) in [4.78, 5) is 8.50. The van der Waals surface area contributed by atoms with Gasteiger partial charge >= 0.3 is 0 Å². The Morgan fingerprint density at radius 1 is 1.38 bits per heavy atom. The monoisotopic (exact) mass is 215 g/mol. The summed E-state index contributed by atoms with van der Waals surface area (Å²) in [5.74, 6) is 1.24. The van der Waals surface area contributed by atoms with Gasteiger partial charge in [-0.15, -0.1) is 0 Å². The van der Waals surface area contributed by atoms with Gasteiger partial charge < -0.3 is 5.73 Å². The molecule has 1 fully saturated rings. The van der Waals surface area contributed by atoms with Gasteiger partial charge in [-0.05, 0) is 25.0 Å². The second kappa shape index (κ2) is 3.68. The molecule has 5 nitrogen and oxygen atoms in total.